The summed E-state index contributed by atoms with van der Waals surface area (Å²) < 4.78 is 6.52. The quantitative estimate of drug-likeness (QED) is 0.857. The molecular formula is C11H13N5O2. The van der Waals surface area contributed by atoms with E-state index in [0.29, 0.717) is 5.82 Å². The normalized spacial score (nSPS) is 10.1. The summed E-state index contributed by atoms with van der Waals surface area (Å²) in [6.07, 6.45) is -0.498. The molecule has 1 N–H and O–H groups in total. The Labute approximate surface area is 104 Å². The van der Waals surface area contributed by atoms with Crippen molar-refractivity contribution in [1.82, 2.24) is 25.5 Å². The Morgan fingerprint density at radius 1 is 1.39 bits per heavy atom. The van der Waals surface area contributed by atoms with Gasteiger partial charge in [0.1, 0.15) is 6.61 Å². The van der Waals surface area contributed by atoms with Crippen LogP contribution in [0.15, 0.2) is 30.3 Å². The lowest BCUT2D eigenvalue weighted by atomic mass is 10.2. The van der Waals surface area contributed by atoms with E-state index in [1.54, 1.807) is 7.05 Å². The van der Waals surface area contributed by atoms with Crippen molar-refractivity contribution in [3.63, 3.8) is 0 Å². The summed E-state index contributed by atoms with van der Waals surface area (Å²) in [5, 5.41) is 13.4. The molecule has 18 heavy (non-hydrogen) atoms. The molecule has 7 heteroatoms. The van der Waals surface area contributed by atoms with Crippen LogP contribution in [0.3, 0.4) is 0 Å². The Balaban J connectivity index is 1.75. The van der Waals surface area contributed by atoms with Gasteiger partial charge in [0.15, 0.2) is 5.82 Å². The number of aryl methyl sites for hydroxylation is 1. The van der Waals surface area contributed by atoms with E-state index in [4.69, 9.17) is 4.74 Å². The maximum Gasteiger partial charge on any atom is 0.407 e. The van der Waals surface area contributed by atoms with Crippen molar-refractivity contribution in [1.29, 1.82) is 0 Å². The van der Waals surface area contributed by atoms with E-state index in [-0.39, 0.29) is 13.2 Å². The molecule has 0 radical (unpaired) electrons. The van der Waals surface area contributed by atoms with E-state index >= 15 is 0 Å². The average molecular weight is 247 g/mol. The van der Waals surface area contributed by atoms with E-state index in [2.05, 4.69) is 20.8 Å². The third-order valence-electron chi connectivity index (χ3n) is 2.31. The van der Waals surface area contributed by atoms with Crippen LogP contribution in [0.1, 0.15) is 11.4 Å². The summed E-state index contributed by atoms with van der Waals surface area (Å²) >= 11 is 0. The molecule has 1 aromatic carbocycles. The maximum atomic E-state index is 11.4. The van der Waals surface area contributed by atoms with Gasteiger partial charge in [-0.2, -0.15) is 0 Å². The first-order valence-electron chi connectivity index (χ1n) is 5.41. The number of benzene rings is 1. The molecule has 0 aliphatic heterocycles. The number of rotatable bonds is 4. The molecule has 0 bridgehead atoms. The van der Waals surface area contributed by atoms with Gasteiger partial charge in [-0.1, -0.05) is 30.3 Å². The fraction of sp³-hybridized carbons (Fsp3) is 0.273. The topological polar surface area (TPSA) is 81.9 Å². The molecule has 0 fully saturated rings. The summed E-state index contributed by atoms with van der Waals surface area (Å²) in [5.41, 5.74) is 0.938. The third-order valence-corrected chi connectivity index (χ3v) is 2.31. The minimum absolute atomic E-state index is 0.233. The Kier molecular flexibility index (Phi) is 3.85. The van der Waals surface area contributed by atoms with Crippen LogP contribution in [0.4, 0.5) is 4.79 Å². The highest BCUT2D eigenvalue weighted by molar-refractivity contribution is 5.67. The van der Waals surface area contributed by atoms with Crippen molar-refractivity contribution < 1.29 is 9.53 Å². The Bertz CT molecular complexity index is 511. The Hall–Kier alpha value is -2.44. The van der Waals surface area contributed by atoms with Gasteiger partial charge in [-0.25, -0.2) is 9.48 Å². The Morgan fingerprint density at radius 2 is 2.17 bits per heavy atom. The number of hydrogen-bond acceptors (Lipinski definition) is 5. The van der Waals surface area contributed by atoms with E-state index in [1.807, 2.05) is 30.3 Å². The van der Waals surface area contributed by atoms with Gasteiger partial charge in [-0.3, -0.25) is 0 Å². The molecule has 1 amide bonds. The van der Waals surface area contributed by atoms with Crippen LogP contribution in [-0.4, -0.2) is 26.3 Å². The summed E-state index contributed by atoms with van der Waals surface area (Å²) in [5.74, 6) is 0.562. The summed E-state index contributed by atoms with van der Waals surface area (Å²) in [7, 11) is 1.70. The van der Waals surface area contributed by atoms with Crippen LogP contribution < -0.4 is 5.32 Å². The molecule has 0 saturated heterocycles. The molecule has 1 aromatic heterocycles. The largest absolute Gasteiger partial charge is 0.445 e. The highest BCUT2D eigenvalue weighted by atomic mass is 16.5. The lowest BCUT2D eigenvalue weighted by molar-refractivity contribution is 0.138. The van der Waals surface area contributed by atoms with Crippen molar-refractivity contribution in [2.45, 2.75) is 13.2 Å². The van der Waals surface area contributed by atoms with Crippen LogP contribution in [0.2, 0.25) is 0 Å². The monoisotopic (exact) mass is 247 g/mol. The molecule has 0 spiro atoms. The van der Waals surface area contributed by atoms with Crippen LogP contribution >= 0.6 is 0 Å². The summed E-state index contributed by atoms with van der Waals surface area (Å²) in [6.45, 7) is 0.473. The van der Waals surface area contributed by atoms with Gasteiger partial charge >= 0.3 is 6.09 Å². The smallest absolute Gasteiger partial charge is 0.407 e. The van der Waals surface area contributed by atoms with Crippen LogP contribution in [-0.2, 0) is 24.9 Å². The zero-order valence-corrected chi connectivity index (χ0v) is 9.91. The highest BCUT2D eigenvalue weighted by Gasteiger charge is 2.06. The number of tetrazole rings is 1. The number of aromatic nitrogens is 4. The molecule has 0 saturated carbocycles. The van der Waals surface area contributed by atoms with Crippen molar-refractivity contribution in [2.75, 3.05) is 0 Å². The number of carbonyl (C=O) groups excluding carboxylic acids is 1. The fourth-order valence-corrected chi connectivity index (χ4v) is 1.32. The summed E-state index contributed by atoms with van der Waals surface area (Å²) in [4.78, 5) is 11.4. The lowest BCUT2D eigenvalue weighted by Crippen LogP contribution is -2.25. The zero-order chi connectivity index (χ0) is 12.8. The number of hydrogen-bond donors (Lipinski definition) is 1. The third kappa shape index (κ3) is 3.27. The van der Waals surface area contributed by atoms with Gasteiger partial charge in [0, 0.05) is 7.05 Å². The van der Waals surface area contributed by atoms with Crippen molar-refractivity contribution >= 4 is 6.09 Å². The first-order valence-corrected chi connectivity index (χ1v) is 5.41. The molecule has 7 nitrogen and oxygen atoms in total. The highest BCUT2D eigenvalue weighted by Crippen LogP contribution is 2.00. The number of carbonyl (C=O) groups is 1. The van der Waals surface area contributed by atoms with E-state index in [0.717, 1.165) is 5.56 Å². The first kappa shape index (κ1) is 12.0. The predicted octanol–water partition coefficient (Wildman–Crippen LogP) is 0.636. The average Bonchev–Trinajstić information content (AvgIpc) is 2.81. The van der Waals surface area contributed by atoms with Gasteiger partial charge in [-0.05, 0) is 16.0 Å². The van der Waals surface area contributed by atoms with Crippen molar-refractivity contribution in [3.05, 3.63) is 41.7 Å². The van der Waals surface area contributed by atoms with Gasteiger partial charge in [0.2, 0.25) is 0 Å². The minimum atomic E-state index is -0.498. The van der Waals surface area contributed by atoms with Gasteiger partial charge < -0.3 is 10.1 Å². The van der Waals surface area contributed by atoms with Gasteiger partial charge in [0.05, 0.1) is 6.54 Å². The second kappa shape index (κ2) is 5.76. The number of nitrogens with zero attached hydrogens (tertiary/aromatic N) is 4. The van der Waals surface area contributed by atoms with Crippen LogP contribution in [0, 0.1) is 0 Å². The van der Waals surface area contributed by atoms with E-state index < -0.39 is 6.09 Å². The number of nitrogens with one attached hydrogen (secondary N) is 1. The molecule has 2 rings (SSSR count). The summed E-state index contributed by atoms with van der Waals surface area (Å²) in [6, 6.07) is 9.47. The number of alkyl carbamates (subject to hydrolysis) is 1. The maximum absolute atomic E-state index is 11.4. The minimum Gasteiger partial charge on any atom is -0.445 e. The molecule has 0 unspecified atom stereocenters. The number of amides is 1. The van der Waals surface area contributed by atoms with Gasteiger partial charge in [-0.15, -0.1) is 5.10 Å². The SMILES string of the molecule is Cn1nnnc1CNC(=O)OCc1ccccc1. The second-order valence-corrected chi connectivity index (χ2v) is 3.63. The van der Waals surface area contributed by atoms with Crippen LogP contribution in [0.5, 0.6) is 0 Å². The molecule has 1 heterocycles. The van der Waals surface area contributed by atoms with Gasteiger partial charge in [0.25, 0.3) is 0 Å². The van der Waals surface area contributed by atoms with E-state index in [1.165, 1.54) is 4.68 Å². The standard InChI is InChI=1S/C11H13N5O2/c1-16-10(13-14-15-16)7-12-11(17)18-8-9-5-3-2-4-6-9/h2-6H,7-8H2,1H3,(H,12,17). The zero-order valence-electron chi connectivity index (χ0n) is 9.91. The molecule has 0 atom stereocenters. The van der Waals surface area contributed by atoms with Crippen LogP contribution in [0.25, 0.3) is 0 Å². The van der Waals surface area contributed by atoms with Crippen molar-refractivity contribution in [2.24, 2.45) is 7.05 Å². The molecule has 2 aromatic rings. The molecule has 94 valence electrons. The fourth-order valence-electron chi connectivity index (χ4n) is 1.32. The second-order valence-electron chi connectivity index (χ2n) is 3.63. The lowest BCUT2D eigenvalue weighted by Gasteiger charge is -2.06. The van der Waals surface area contributed by atoms with Crippen molar-refractivity contribution in [3.8, 4) is 0 Å². The molecular weight excluding hydrogens is 234 g/mol. The Morgan fingerprint density at radius 3 is 2.83 bits per heavy atom. The predicted molar refractivity (Wildman–Crippen MR) is 62.3 cm³/mol. The molecule has 0 aliphatic rings. The first-order chi connectivity index (χ1) is 8.75. The van der Waals surface area contributed by atoms with E-state index in [9.17, 15) is 4.79 Å². The molecule has 0 aliphatic carbocycles. The number of ether oxygens (including phenoxy) is 1.